The summed E-state index contributed by atoms with van der Waals surface area (Å²) in [7, 11) is 0. The van der Waals surface area contributed by atoms with Crippen molar-refractivity contribution < 1.29 is 0 Å². The van der Waals surface area contributed by atoms with Crippen molar-refractivity contribution in [3.63, 3.8) is 0 Å². The van der Waals surface area contributed by atoms with Crippen LogP contribution in [0.15, 0.2) is 183 Å². The maximum absolute atomic E-state index is 10.2. The Labute approximate surface area is 376 Å². The Morgan fingerprint density at radius 3 is 1.18 bits per heavy atom. The number of aromatic nitrogens is 10. The Morgan fingerprint density at radius 1 is 0.409 bits per heavy atom. The van der Waals surface area contributed by atoms with Gasteiger partial charge in [0.15, 0.2) is 23.3 Å². The predicted molar refractivity (Wildman–Crippen MR) is 256 cm³/mol. The fourth-order valence-corrected chi connectivity index (χ4v) is 8.96. The first-order valence-electron chi connectivity index (χ1n) is 21.0. The molecule has 0 aliphatic carbocycles. The van der Waals surface area contributed by atoms with E-state index in [4.69, 9.17) is 0 Å². The molecule has 0 saturated carbocycles. The Kier molecular flexibility index (Phi) is 8.93. The van der Waals surface area contributed by atoms with Crippen molar-refractivity contribution >= 4 is 49.3 Å². The van der Waals surface area contributed by atoms with Crippen LogP contribution in [-0.4, -0.2) is 49.0 Å². The SMILES string of the molecule is [C-]#[N+]c1c(-n2c3cc(-c4ncccn4)ccc3c3ccc(-c4ncccn4)cc32)ccc(-c2cccc(C#N)c2)c1-n1c2cc(-c3ncccn3)ccc2c2ccc(-c3ncccn3)cc21. The van der Waals surface area contributed by atoms with Crippen LogP contribution >= 0.6 is 0 Å². The molecule has 0 fully saturated rings. The minimum atomic E-state index is 0.373. The summed E-state index contributed by atoms with van der Waals surface area (Å²) in [5.74, 6) is 2.29. The number of nitriles is 1. The molecule has 12 nitrogen and oxygen atoms in total. The van der Waals surface area contributed by atoms with E-state index in [0.29, 0.717) is 45.9 Å². The summed E-state index contributed by atoms with van der Waals surface area (Å²) >= 11 is 0. The van der Waals surface area contributed by atoms with E-state index < -0.39 is 0 Å². The average molecular weight is 847 g/mol. The fourth-order valence-electron chi connectivity index (χ4n) is 8.96. The molecule has 0 saturated heterocycles. The number of nitrogens with zero attached hydrogens (tertiary/aromatic N) is 12. The number of hydrogen-bond donors (Lipinski definition) is 0. The molecule has 6 aromatic heterocycles. The highest BCUT2D eigenvalue weighted by molar-refractivity contribution is 6.14. The first kappa shape index (κ1) is 37.9. The molecule has 0 aliphatic rings. The summed E-state index contributed by atoms with van der Waals surface area (Å²) in [6.07, 6.45) is 13.8. The van der Waals surface area contributed by atoms with Crippen molar-refractivity contribution in [1.29, 1.82) is 5.26 Å². The van der Waals surface area contributed by atoms with Crippen LogP contribution in [0.2, 0.25) is 0 Å². The third-order valence-corrected chi connectivity index (χ3v) is 11.8. The Bertz CT molecular complexity index is 3750. The Balaban J connectivity index is 1.24. The zero-order valence-corrected chi connectivity index (χ0v) is 34.7. The highest BCUT2D eigenvalue weighted by Gasteiger charge is 2.26. The van der Waals surface area contributed by atoms with E-state index in [1.54, 1.807) is 79.9 Å². The summed E-state index contributed by atoms with van der Waals surface area (Å²) < 4.78 is 4.31. The summed E-state index contributed by atoms with van der Waals surface area (Å²) in [6, 6.07) is 45.8. The van der Waals surface area contributed by atoms with Gasteiger partial charge in [0.25, 0.3) is 0 Å². The second kappa shape index (κ2) is 15.5. The summed E-state index contributed by atoms with van der Waals surface area (Å²) in [6.45, 7) is 9.27. The molecule has 12 heteroatoms. The summed E-state index contributed by atoms with van der Waals surface area (Å²) in [5.41, 5.74) is 10.3. The molecule has 0 radical (unpaired) electrons. The zero-order valence-electron chi connectivity index (χ0n) is 34.7. The van der Waals surface area contributed by atoms with Crippen molar-refractivity contribution in [3.8, 4) is 74.1 Å². The average Bonchev–Trinajstić information content (AvgIpc) is 3.90. The lowest BCUT2D eigenvalue weighted by molar-refractivity contribution is 1.14. The second-order valence-corrected chi connectivity index (χ2v) is 15.5. The molecule has 6 aromatic carbocycles. The smallest absolute Gasteiger partial charge is 0.234 e. The van der Waals surface area contributed by atoms with Crippen LogP contribution in [0.25, 0.3) is 117 Å². The van der Waals surface area contributed by atoms with Crippen molar-refractivity contribution in [2.24, 2.45) is 0 Å². The molecular formula is C54H30N12. The summed E-state index contributed by atoms with van der Waals surface area (Å²) in [5, 5.41) is 14.0. The van der Waals surface area contributed by atoms with Gasteiger partial charge in [-0.15, -0.1) is 0 Å². The second-order valence-electron chi connectivity index (χ2n) is 15.5. The molecule has 0 unspecified atom stereocenters. The largest absolute Gasteiger partial charge is 0.319 e. The van der Waals surface area contributed by atoms with Crippen LogP contribution < -0.4 is 0 Å². The first-order chi connectivity index (χ1) is 32.6. The van der Waals surface area contributed by atoms with Gasteiger partial charge in [-0.1, -0.05) is 66.7 Å². The lowest BCUT2D eigenvalue weighted by Gasteiger charge is -2.21. The molecule has 0 N–H and O–H groups in total. The minimum absolute atomic E-state index is 0.373. The van der Waals surface area contributed by atoms with Gasteiger partial charge in [0.1, 0.15) is 0 Å². The van der Waals surface area contributed by atoms with Crippen LogP contribution in [0.1, 0.15) is 5.56 Å². The van der Waals surface area contributed by atoms with Crippen molar-refractivity contribution in [2.45, 2.75) is 0 Å². The lowest BCUT2D eigenvalue weighted by atomic mass is 9.99. The van der Waals surface area contributed by atoms with E-state index in [9.17, 15) is 11.8 Å². The van der Waals surface area contributed by atoms with Crippen LogP contribution in [-0.2, 0) is 0 Å². The molecular weight excluding hydrogens is 817 g/mol. The van der Waals surface area contributed by atoms with Gasteiger partial charge >= 0.3 is 0 Å². The molecule has 0 amide bonds. The standard InChI is InChI=1S/C54H30N12/c1-56-49-44(65-45-28-35(51-57-19-3-20-58-51)9-13-40(45)41-14-10-36(29-46(41)65)52-59-21-4-22-60-52)18-17-39(34-8-2-7-33(27-34)32-55)50(49)66-47-30-37(53-61-23-5-24-62-53)11-15-42(47)43-16-12-38(31-48(43)66)54-63-25-6-26-64-54/h2-31H. The number of hydrogen-bond acceptors (Lipinski definition) is 9. The van der Waals surface area contributed by atoms with Crippen molar-refractivity contribution in [3.05, 3.63) is 200 Å². The Hall–Kier alpha value is -9.78. The quantitative estimate of drug-likeness (QED) is 0.143. The normalized spacial score (nSPS) is 11.3. The van der Waals surface area contributed by atoms with E-state index in [1.807, 2.05) is 54.6 Å². The van der Waals surface area contributed by atoms with Gasteiger partial charge in [0, 0.05) is 93.4 Å². The van der Waals surface area contributed by atoms with Crippen LogP contribution in [0.5, 0.6) is 0 Å². The van der Waals surface area contributed by atoms with Gasteiger partial charge in [-0.3, -0.25) is 0 Å². The van der Waals surface area contributed by atoms with Crippen molar-refractivity contribution in [2.75, 3.05) is 0 Å². The molecule has 0 aliphatic heterocycles. The maximum atomic E-state index is 10.2. The monoisotopic (exact) mass is 846 g/mol. The van der Waals surface area contributed by atoms with E-state index in [0.717, 1.165) is 77.0 Å². The molecule has 0 atom stereocenters. The van der Waals surface area contributed by atoms with Gasteiger partial charge in [-0.05, 0) is 77.9 Å². The summed E-state index contributed by atoms with van der Waals surface area (Å²) in [4.78, 5) is 41.3. The molecule has 66 heavy (non-hydrogen) atoms. The van der Waals surface area contributed by atoms with Gasteiger partial charge in [0.05, 0.1) is 51.6 Å². The third-order valence-electron chi connectivity index (χ3n) is 11.8. The Morgan fingerprint density at radius 2 is 0.803 bits per heavy atom. The van der Waals surface area contributed by atoms with E-state index in [2.05, 4.69) is 108 Å². The number of benzene rings is 6. The van der Waals surface area contributed by atoms with E-state index >= 15 is 0 Å². The van der Waals surface area contributed by atoms with Gasteiger partial charge in [-0.25, -0.2) is 44.7 Å². The van der Waals surface area contributed by atoms with Crippen LogP contribution in [0.4, 0.5) is 5.69 Å². The van der Waals surface area contributed by atoms with Gasteiger partial charge in [-0.2, -0.15) is 5.26 Å². The molecule has 12 rings (SSSR count). The molecule has 6 heterocycles. The highest BCUT2D eigenvalue weighted by atomic mass is 15.1. The van der Waals surface area contributed by atoms with Gasteiger partial charge < -0.3 is 9.13 Å². The van der Waals surface area contributed by atoms with E-state index in [-0.39, 0.29) is 0 Å². The number of fused-ring (bicyclic) bond motifs is 6. The lowest BCUT2D eigenvalue weighted by Crippen LogP contribution is -2.03. The fraction of sp³-hybridized carbons (Fsp3) is 0. The topological polar surface area (TPSA) is 141 Å². The first-order valence-corrected chi connectivity index (χ1v) is 21.0. The predicted octanol–water partition coefficient (Wildman–Crippen LogP) is 11.8. The van der Waals surface area contributed by atoms with Crippen molar-refractivity contribution in [1.82, 2.24) is 49.0 Å². The van der Waals surface area contributed by atoms with E-state index in [1.165, 1.54) is 0 Å². The molecule has 0 spiro atoms. The molecule has 12 aromatic rings. The number of rotatable bonds is 7. The highest BCUT2D eigenvalue weighted by Crippen LogP contribution is 2.47. The molecule has 306 valence electrons. The molecule has 0 bridgehead atoms. The van der Waals surface area contributed by atoms with Crippen LogP contribution in [0.3, 0.4) is 0 Å². The maximum Gasteiger partial charge on any atom is 0.234 e. The zero-order chi connectivity index (χ0) is 44.1. The third kappa shape index (κ3) is 6.21. The minimum Gasteiger partial charge on any atom is -0.319 e. The van der Waals surface area contributed by atoms with Gasteiger partial charge in [0.2, 0.25) is 5.69 Å². The van der Waals surface area contributed by atoms with Crippen LogP contribution in [0, 0.1) is 17.9 Å².